The third kappa shape index (κ3) is 3.44. The van der Waals surface area contributed by atoms with Crippen molar-refractivity contribution in [3.63, 3.8) is 0 Å². The van der Waals surface area contributed by atoms with Gasteiger partial charge < -0.3 is 19.3 Å². The van der Waals surface area contributed by atoms with Crippen LogP contribution >= 0.6 is 0 Å². The summed E-state index contributed by atoms with van der Waals surface area (Å²) in [4.78, 5) is 10.6. The molecule has 4 atom stereocenters. The quantitative estimate of drug-likeness (QED) is 0.690. The van der Waals surface area contributed by atoms with Crippen LogP contribution in [0, 0.1) is 5.92 Å². The lowest BCUT2D eigenvalue weighted by molar-refractivity contribution is -0.233. The van der Waals surface area contributed by atoms with Crippen molar-refractivity contribution in [2.75, 3.05) is 13.7 Å². The fourth-order valence-electron chi connectivity index (χ4n) is 1.66. The Balaban J connectivity index is 2.44. The number of methoxy groups -OCH3 is 1. The monoisotopic (exact) mass is 218 g/mol. The SMILES string of the molecule is CO[C@H]1CC(COC(C)=O)OC(O)C1C. The largest absolute Gasteiger partial charge is 0.463 e. The van der Waals surface area contributed by atoms with E-state index in [2.05, 4.69) is 0 Å². The molecule has 0 aromatic rings. The van der Waals surface area contributed by atoms with Gasteiger partial charge in [-0.15, -0.1) is 0 Å². The minimum absolute atomic E-state index is 0.0608. The van der Waals surface area contributed by atoms with E-state index in [4.69, 9.17) is 14.2 Å². The second kappa shape index (κ2) is 5.44. The highest BCUT2D eigenvalue weighted by atomic mass is 16.6. The Kier molecular flexibility index (Phi) is 4.50. The first-order chi connectivity index (χ1) is 7.04. The average molecular weight is 218 g/mol. The highest BCUT2D eigenvalue weighted by Crippen LogP contribution is 2.26. The lowest BCUT2D eigenvalue weighted by atomic mass is 9.95. The summed E-state index contributed by atoms with van der Waals surface area (Å²) in [7, 11) is 1.60. The summed E-state index contributed by atoms with van der Waals surface area (Å²) in [5.74, 6) is -0.413. The molecule has 15 heavy (non-hydrogen) atoms. The molecule has 0 amide bonds. The first kappa shape index (κ1) is 12.4. The molecular formula is C10H18O5. The van der Waals surface area contributed by atoms with Crippen LogP contribution in [0.3, 0.4) is 0 Å². The zero-order valence-corrected chi connectivity index (χ0v) is 9.30. The Morgan fingerprint density at radius 2 is 2.27 bits per heavy atom. The molecule has 0 aliphatic carbocycles. The van der Waals surface area contributed by atoms with Gasteiger partial charge in [-0.1, -0.05) is 6.92 Å². The van der Waals surface area contributed by atoms with Crippen molar-refractivity contribution >= 4 is 5.97 Å². The topological polar surface area (TPSA) is 65.0 Å². The maximum Gasteiger partial charge on any atom is 0.302 e. The Hall–Kier alpha value is -0.650. The highest BCUT2D eigenvalue weighted by molar-refractivity contribution is 5.65. The van der Waals surface area contributed by atoms with Gasteiger partial charge in [0.2, 0.25) is 0 Å². The Bertz CT molecular complexity index is 218. The molecule has 1 fully saturated rings. The third-order valence-corrected chi connectivity index (χ3v) is 2.64. The van der Waals surface area contributed by atoms with E-state index in [-0.39, 0.29) is 30.7 Å². The molecule has 1 N–H and O–H groups in total. The number of esters is 1. The fourth-order valence-corrected chi connectivity index (χ4v) is 1.66. The Morgan fingerprint density at radius 3 is 2.80 bits per heavy atom. The van der Waals surface area contributed by atoms with Crippen LogP contribution in [0.2, 0.25) is 0 Å². The summed E-state index contributed by atoms with van der Waals surface area (Å²) >= 11 is 0. The van der Waals surface area contributed by atoms with E-state index in [1.807, 2.05) is 6.92 Å². The highest BCUT2D eigenvalue weighted by Gasteiger charge is 2.35. The second-order valence-electron chi connectivity index (χ2n) is 3.82. The molecule has 0 aromatic carbocycles. The van der Waals surface area contributed by atoms with Crippen LogP contribution < -0.4 is 0 Å². The van der Waals surface area contributed by atoms with Crippen molar-refractivity contribution in [1.82, 2.24) is 0 Å². The van der Waals surface area contributed by atoms with E-state index < -0.39 is 6.29 Å². The normalized spacial score (nSPS) is 36.3. The molecule has 5 heteroatoms. The zero-order chi connectivity index (χ0) is 11.4. The second-order valence-corrected chi connectivity index (χ2v) is 3.82. The van der Waals surface area contributed by atoms with E-state index >= 15 is 0 Å². The van der Waals surface area contributed by atoms with E-state index in [1.54, 1.807) is 7.11 Å². The van der Waals surface area contributed by atoms with Gasteiger partial charge >= 0.3 is 5.97 Å². The number of hydrogen-bond acceptors (Lipinski definition) is 5. The van der Waals surface area contributed by atoms with Crippen molar-refractivity contribution in [3.8, 4) is 0 Å². The Morgan fingerprint density at radius 1 is 1.60 bits per heavy atom. The molecule has 1 rings (SSSR count). The summed E-state index contributed by atoms with van der Waals surface area (Å²) in [6, 6.07) is 0. The van der Waals surface area contributed by atoms with E-state index in [9.17, 15) is 9.90 Å². The van der Waals surface area contributed by atoms with Gasteiger partial charge in [-0.2, -0.15) is 0 Å². The van der Waals surface area contributed by atoms with Gasteiger partial charge in [0.15, 0.2) is 6.29 Å². The smallest absolute Gasteiger partial charge is 0.302 e. The molecule has 1 aliphatic rings. The molecule has 0 radical (unpaired) electrons. The molecule has 0 spiro atoms. The number of aliphatic hydroxyl groups excluding tert-OH is 1. The molecule has 1 saturated heterocycles. The molecule has 5 nitrogen and oxygen atoms in total. The van der Waals surface area contributed by atoms with Crippen LogP contribution in [0.15, 0.2) is 0 Å². The number of ether oxygens (including phenoxy) is 3. The van der Waals surface area contributed by atoms with Crippen molar-refractivity contribution < 1.29 is 24.1 Å². The number of rotatable bonds is 3. The van der Waals surface area contributed by atoms with Crippen molar-refractivity contribution in [1.29, 1.82) is 0 Å². The lowest BCUT2D eigenvalue weighted by Gasteiger charge is -2.36. The summed E-state index contributed by atoms with van der Waals surface area (Å²) in [6.07, 6.45) is -0.578. The van der Waals surface area contributed by atoms with Gasteiger partial charge in [0, 0.05) is 26.4 Å². The standard InChI is InChI=1S/C10H18O5/c1-6-9(13-3)4-8(15-10(6)12)5-14-7(2)11/h6,8-10,12H,4-5H2,1-3H3/t6?,8?,9-,10?/m0/s1. The van der Waals surface area contributed by atoms with E-state index in [0.29, 0.717) is 6.42 Å². The molecule has 0 saturated carbocycles. The average Bonchev–Trinajstić information content (AvgIpc) is 2.19. The predicted molar refractivity (Wildman–Crippen MR) is 52.1 cm³/mol. The van der Waals surface area contributed by atoms with Crippen LogP contribution in [-0.2, 0) is 19.0 Å². The van der Waals surface area contributed by atoms with Gasteiger partial charge in [-0.3, -0.25) is 4.79 Å². The van der Waals surface area contributed by atoms with Crippen LogP contribution in [0.4, 0.5) is 0 Å². The molecule has 88 valence electrons. The van der Waals surface area contributed by atoms with Crippen LogP contribution in [0.1, 0.15) is 20.3 Å². The van der Waals surface area contributed by atoms with Crippen LogP contribution in [0.5, 0.6) is 0 Å². The molecule has 1 heterocycles. The van der Waals surface area contributed by atoms with E-state index in [0.717, 1.165) is 0 Å². The van der Waals surface area contributed by atoms with Gasteiger partial charge in [0.05, 0.1) is 12.2 Å². The lowest BCUT2D eigenvalue weighted by Crippen LogP contribution is -2.45. The van der Waals surface area contributed by atoms with Crippen molar-refractivity contribution in [2.45, 2.75) is 38.8 Å². The number of hydrogen-bond donors (Lipinski definition) is 1. The van der Waals surface area contributed by atoms with Gasteiger partial charge in [-0.25, -0.2) is 0 Å². The maximum atomic E-state index is 10.6. The first-order valence-electron chi connectivity index (χ1n) is 5.04. The fraction of sp³-hybridized carbons (Fsp3) is 0.900. The van der Waals surface area contributed by atoms with Gasteiger partial charge in [0.25, 0.3) is 0 Å². The minimum Gasteiger partial charge on any atom is -0.463 e. The van der Waals surface area contributed by atoms with Gasteiger partial charge in [-0.05, 0) is 0 Å². The molecule has 3 unspecified atom stereocenters. The zero-order valence-electron chi connectivity index (χ0n) is 9.30. The molecular weight excluding hydrogens is 200 g/mol. The van der Waals surface area contributed by atoms with Crippen LogP contribution in [-0.4, -0.2) is 43.3 Å². The molecule has 1 aliphatic heterocycles. The predicted octanol–water partition coefficient (Wildman–Crippen LogP) is 0.308. The number of aliphatic hydroxyl groups is 1. The summed E-state index contributed by atoms with van der Waals surface area (Å²) in [6.45, 7) is 3.37. The number of carbonyl (C=O) groups excluding carboxylic acids is 1. The molecule has 0 bridgehead atoms. The first-order valence-corrected chi connectivity index (χ1v) is 5.04. The Labute approximate surface area is 89.3 Å². The van der Waals surface area contributed by atoms with Crippen LogP contribution in [0.25, 0.3) is 0 Å². The maximum absolute atomic E-state index is 10.6. The summed E-state index contributed by atoms with van der Waals surface area (Å²) in [5.41, 5.74) is 0. The summed E-state index contributed by atoms with van der Waals surface area (Å²) < 4.78 is 15.3. The third-order valence-electron chi connectivity index (χ3n) is 2.64. The number of carbonyl (C=O) groups is 1. The molecule has 0 aromatic heterocycles. The van der Waals surface area contributed by atoms with E-state index in [1.165, 1.54) is 6.92 Å². The van der Waals surface area contributed by atoms with Gasteiger partial charge in [0.1, 0.15) is 6.61 Å². The minimum atomic E-state index is -0.857. The summed E-state index contributed by atoms with van der Waals surface area (Å²) in [5, 5.41) is 9.57. The van der Waals surface area contributed by atoms with Crippen molar-refractivity contribution in [3.05, 3.63) is 0 Å². The van der Waals surface area contributed by atoms with Crippen molar-refractivity contribution in [2.24, 2.45) is 5.92 Å².